The van der Waals surface area contributed by atoms with E-state index in [0.717, 1.165) is 5.92 Å². The van der Waals surface area contributed by atoms with Crippen molar-refractivity contribution in [1.82, 2.24) is 10.2 Å². The summed E-state index contributed by atoms with van der Waals surface area (Å²) in [6, 6.07) is 0.670. The second kappa shape index (κ2) is 6.87. The fourth-order valence-corrected chi connectivity index (χ4v) is 3.99. The van der Waals surface area contributed by atoms with Crippen LogP contribution in [0.15, 0.2) is 0 Å². The van der Waals surface area contributed by atoms with Crippen LogP contribution >= 0.6 is 11.8 Å². The zero-order chi connectivity index (χ0) is 11.2. The Labute approximate surface area is 105 Å². The average molecular weight is 242 g/mol. The maximum Gasteiger partial charge on any atom is 0.0166 e. The van der Waals surface area contributed by atoms with Gasteiger partial charge in [-0.05, 0) is 63.2 Å². The van der Waals surface area contributed by atoms with Crippen LogP contribution in [0.5, 0.6) is 0 Å². The van der Waals surface area contributed by atoms with E-state index < -0.39 is 0 Å². The first-order chi connectivity index (χ1) is 7.84. The quantitative estimate of drug-likeness (QED) is 0.796. The predicted octanol–water partition coefficient (Wildman–Crippen LogP) is 2.20. The molecule has 0 bridgehead atoms. The molecule has 2 aliphatic rings. The molecule has 0 aromatic heterocycles. The molecule has 2 saturated heterocycles. The third kappa shape index (κ3) is 4.27. The summed E-state index contributed by atoms with van der Waals surface area (Å²) in [4.78, 5) is 2.63. The Hall–Kier alpha value is 0.270. The van der Waals surface area contributed by atoms with Crippen LogP contribution in [0.3, 0.4) is 0 Å². The summed E-state index contributed by atoms with van der Waals surface area (Å²) in [5, 5.41) is 3.72. The van der Waals surface area contributed by atoms with Crippen molar-refractivity contribution in [3.8, 4) is 0 Å². The van der Waals surface area contributed by atoms with Crippen molar-refractivity contribution in [2.45, 2.75) is 38.6 Å². The topological polar surface area (TPSA) is 15.3 Å². The van der Waals surface area contributed by atoms with E-state index in [1.165, 1.54) is 63.4 Å². The van der Waals surface area contributed by atoms with Gasteiger partial charge in [0.15, 0.2) is 0 Å². The van der Waals surface area contributed by atoms with E-state index in [1.54, 1.807) is 0 Å². The predicted molar refractivity (Wildman–Crippen MR) is 73.2 cm³/mol. The first-order valence-corrected chi connectivity index (χ1v) is 8.03. The van der Waals surface area contributed by atoms with Crippen molar-refractivity contribution >= 4 is 11.8 Å². The molecule has 2 unspecified atom stereocenters. The zero-order valence-electron chi connectivity index (χ0n) is 10.6. The molecular weight excluding hydrogens is 216 g/mol. The number of hydrogen-bond acceptors (Lipinski definition) is 3. The maximum absolute atomic E-state index is 3.72. The van der Waals surface area contributed by atoms with Crippen LogP contribution in [0.1, 0.15) is 32.6 Å². The molecule has 1 N–H and O–H groups in total. The number of nitrogens with zero attached hydrogens (tertiary/aromatic N) is 1. The van der Waals surface area contributed by atoms with E-state index in [0.29, 0.717) is 6.04 Å². The second-order valence-electron chi connectivity index (χ2n) is 5.40. The zero-order valence-corrected chi connectivity index (χ0v) is 11.4. The molecule has 94 valence electrons. The number of piperidine rings is 1. The van der Waals surface area contributed by atoms with Crippen molar-refractivity contribution in [3.05, 3.63) is 0 Å². The molecule has 0 amide bonds. The highest BCUT2D eigenvalue weighted by molar-refractivity contribution is 7.99. The van der Waals surface area contributed by atoms with Gasteiger partial charge in [-0.25, -0.2) is 0 Å². The van der Waals surface area contributed by atoms with Gasteiger partial charge in [-0.1, -0.05) is 6.42 Å². The third-order valence-corrected chi connectivity index (χ3v) is 4.99. The Kier molecular flexibility index (Phi) is 5.46. The summed E-state index contributed by atoms with van der Waals surface area (Å²) in [5.74, 6) is 3.70. The molecule has 0 aromatic carbocycles. The first-order valence-electron chi connectivity index (χ1n) is 6.88. The Balaban J connectivity index is 1.57. The summed E-state index contributed by atoms with van der Waals surface area (Å²) in [5.41, 5.74) is 0. The van der Waals surface area contributed by atoms with Gasteiger partial charge in [-0.15, -0.1) is 0 Å². The fourth-order valence-electron chi connectivity index (χ4n) is 2.71. The van der Waals surface area contributed by atoms with Gasteiger partial charge in [0.1, 0.15) is 0 Å². The first kappa shape index (κ1) is 12.7. The van der Waals surface area contributed by atoms with Gasteiger partial charge in [0.05, 0.1) is 0 Å². The van der Waals surface area contributed by atoms with E-state index in [-0.39, 0.29) is 0 Å². The molecule has 0 aliphatic carbocycles. The molecule has 2 atom stereocenters. The number of likely N-dealkylation sites (tertiary alicyclic amines) is 1. The SMILES string of the molecule is CC(CN1CCCCC1)NCC1CCSC1. The Morgan fingerprint density at radius 1 is 1.31 bits per heavy atom. The standard InChI is InChI=1S/C13H26N2S/c1-12(10-15-6-3-2-4-7-15)14-9-13-5-8-16-11-13/h12-14H,2-11H2,1H3. The van der Waals surface area contributed by atoms with Crippen LogP contribution < -0.4 is 5.32 Å². The highest BCUT2D eigenvalue weighted by Gasteiger charge is 2.17. The number of hydrogen-bond donors (Lipinski definition) is 1. The second-order valence-corrected chi connectivity index (χ2v) is 6.55. The molecule has 2 aliphatic heterocycles. The summed E-state index contributed by atoms with van der Waals surface area (Å²) in [6.45, 7) is 7.48. The molecule has 0 aromatic rings. The molecule has 0 radical (unpaired) electrons. The van der Waals surface area contributed by atoms with Crippen LogP contribution in [0.4, 0.5) is 0 Å². The molecular formula is C13H26N2S. The Morgan fingerprint density at radius 2 is 2.12 bits per heavy atom. The number of nitrogens with one attached hydrogen (secondary N) is 1. The minimum absolute atomic E-state index is 0.670. The largest absolute Gasteiger partial charge is 0.313 e. The molecule has 2 fully saturated rings. The Bertz CT molecular complexity index is 186. The van der Waals surface area contributed by atoms with E-state index in [2.05, 4.69) is 28.9 Å². The molecule has 0 spiro atoms. The van der Waals surface area contributed by atoms with Crippen LogP contribution in [0.2, 0.25) is 0 Å². The summed E-state index contributed by atoms with van der Waals surface area (Å²) < 4.78 is 0. The molecule has 16 heavy (non-hydrogen) atoms. The van der Waals surface area contributed by atoms with Crippen LogP contribution in [-0.2, 0) is 0 Å². The number of rotatable bonds is 5. The lowest BCUT2D eigenvalue weighted by atomic mass is 10.1. The average Bonchev–Trinajstić information content (AvgIpc) is 2.81. The van der Waals surface area contributed by atoms with Crippen LogP contribution in [0, 0.1) is 5.92 Å². The highest BCUT2D eigenvalue weighted by atomic mass is 32.2. The lowest BCUT2D eigenvalue weighted by Crippen LogP contribution is -2.42. The van der Waals surface area contributed by atoms with Crippen molar-refractivity contribution in [2.75, 3.05) is 37.7 Å². The van der Waals surface area contributed by atoms with E-state index in [4.69, 9.17) is 0 Å². The van der Waals surface area contributed by atoms with Crippen LogP contribution in [0.25, 0.3) is 0 Å². The molecule has 3 heteroatoms. The van der Waals surface area contributed by atoms with Crippen molar-refractivity contribution in [2.24, 2.45) is 5.92 Å². The lowest BCUT2D eigenvalue weighted by molar-refractivity contribution is 0.207. The minimum Gasteiger partial charge on any atom is -0.313 e. The monoisotopic (exact) mass is 242 g/mol. The summed E-state index contributed by atoms with van der Waals surface area (Å²) in [7, 11) is 0. The van der Waals surface area contributed by atoms with Crippen molar-refractivity contribution in [3.63, 3.8) is 0 Å². The van der Waals surface area contributed by atoms with Gasteiger partial charge in [0, 0.05) is 12.6 Å². The molecule has 0 saturated carbocycles. The Morgan fingerprint density at radius 3 is 2.81 bits per heavy atom. The van der Waals surface area contributed by atoms with Gasteiger partial charge in [0.2, 0.25) is 0 Å². The number of thioether (sulfide) groups is 1. The normalized spacial score (nSPS) is 29.4. The smallest absolute Gasteiger partial charge is 0.0166 e. The molecule has 2 nitrogen and oxygen atoms in total. The van der Waals surface area contributed by atoms with E-state index >= 15 is 0 Å². The highest BCUT2D eigenvalue weighted by Crippen LogP contribution is 2.22. The molecule has 2 rings (SSSR count). The van der Waals surface area contributed by atoms with Gasteiger partial charge < -0.3 is 10.2 Å². The van der Waals surface area contributed by atoms with Crippen LogP contribution in [-0.4, -0.2) is 48.6 Å². The van der Waals surface area contributed by atoms with Gasteiger partial charge in [0.25, 0.3) is 0 Å². The lowest BCUT2D eigenvalue weighted by Gasteiger charge is -2.29. The van der Waals surface area contributed by atoms with Gasteiger partial charge in [-0.3, -0.25) is 0 Å². The maximum atomic E-state index is 3.72. The van der Waals surface area contributed by atoms with E-state index in [9.17, 15) is 0 Å². The van der Waals surface area contributed by atoms with Crippen molar-refractivity contribution in [1.29, 1.82) is 0 Å². The van der Waals surface area contributed by atoms with Gasteiger partial charge in [-0.2, -0.15) is 11.8 Å². The van der Waals surface area contributed by atoms with Gasteiger partial charge >= 0.3 is 0 Å². The minimum atomic E-state index is 0.670. The van der Waals surface area contributed by atoms with E-state index in [1.807, 2.05) is 0 Å². The summed E-state index contributed by atoms with van der Waals surface area (Å²) in [6.07, 6.45) is 5.68. The summed E-state index contributed by atoms with van der Waals surface area (Å²) >= 11 is 2.12. The van der Waals surface area contributed by atoms with Crippen molar-refractivity contribution < 1.29 is 0 Å². The fraction of sp³-hybridized carbons (Fsp3) is 1.00. The molecule has 2 heterocycles. The third-order valence-electron chi connectivity index (χ3n) is 3.76.